The van der Waals surface area contributed by atoms with Crippen LogP contribution in [0.25, 0.3) is 5.69 Å². The summed E-state index contributed by atoms with van der Waals surface area (Å²) in [6, 6.07) is 18.2. The maximum atomic E-state index is 5.71. The molecule has 0 bridgehead atoms. The van der Waals surface area contributed by atoms with Crippen LogP contribution in [-0.4, -0.2) is 35.9 Å². The molecule has 1 aromatic heterocycles. The van der Waals surface area contributed by atoms with E-state index in [-0.39, 0.29) is 0 Å². The van der Waals surface area contributed by atoms with Gasteiger partial charge in [-0.3, -0.25) is 4.99 Å². The smallest absolute Gasteiger partial charge is 0.191 e. The minimum Gasteiger partial charge on any atom is -0.492 e. The Balaban J connectivity index is 1.40. The number of hydrogen-bond donors (Lipinski definition) is 2. The number of hydrogen-bond acceptors (Lipinski definition) is 3. The van der Waals surface area contributed by atoms with Crippen LogP contribution in [0.1, 0.15) is 11.1 Å². The molecule has 3 rings (SSSR count). The van der Waals surface area contributed by atoms with Gasteiger partial charge >= 0.3 is 0 Å². The van der Waals surface area contributed by atoms with Crippen molar-refractivity contribution in [2.45, 2.75) is 13.5 Å². The van der Waals surface area contributed by atoms with Gasteiger partial charge in [0.25, 0.3) is 0 Å². The van der Waals surface area contributed by atoms with E-state index in [4.69, 9.17) is 4.74 Å². The molecule has 0 saturated carbocycles. The second kappa shape index (κ2) is 9.43. The van der Waals surface area contributed by atoms with Gasteiger partial charge in [0.1, 0.15) is 12.4 Å². The van der Waals surface area contributed by atoms with Crippen LogP contribution in [0.4, 0.5) is 0 Å². The van der Waals surface area contributed by atoms with Crippen LogP contribution in [0.15, 0.2) is 72.0 Å². The molecular formula is C21H25N5O. The predicted molar refractivity (Wildman–Crippen MR) is 108 cm³/mol. The molecule has 0 unspecified atom stereocenters. The summed E-state index contributed by atoms with van der Waals surface area (Å²) in [6.07, 6.45) is 3.70. The molecule has 6 heteroatoms. The summed E-state index contributed by atoms with van der Waals surface area (Å²) in [4.78, 5) is 4.24. The third kappa shape index (κ3) is 5.60. The first kappa shape index (κ1) is 18.5. The van der Waals surface area contributed by atoms with Gasteiger partial charge in [0.15, 0.2) is 5.96 Å². The molecule has 0 spiro atoms. The summed E-state index contributed by atoms with van der Waals surface area (Å²) in [5, 5.41) is 10.8. The van der Waals surface area contributed by atoms with E-state index in [1.165, 1.54) is 11.1 Å². The first-order valence-electron chi connectivity index (χ1n) is 8.97. The van der Waals surface area contributed by atoms with Crippen molar-refractivity contribution in [1.82, 2.24) is 20.4 Å². The average Bonchev–Trinajstić information content (AvgIpc) is 3.24. The van der Waals surface area contributed by atoms with Crippen LogP contribution in [-0.2, 0) is 6.54 Å². The highest BCUT2D eigenvalue weighted by Crippen LogP contribution is 2.11. The zero-order valence-electron chi connectivity index (χ0n) is 15.7. The standard InChI is InChI=1S/C21H25N5O/c1-17-4-10-20(11-5-17)27-15-13-23-21(22-2)24-16-18-6-8-19(9-7-18)26-14-3-12-25-26/h3-12,14H,13,15-16H2,1-2H3,(H2,22,23,24). The van der Waals surface area contributed by atoms with Crippen LogP contribution in [0.5, 0.6) is 5.75 Å². The fourth-order valence-corrected chi connectivity index (χ4v) is 2.57. The van der Waals surface area contributed by atoms with Crippen molar-refractivity contribution >= 4 is 5.96 Å². The minimum atomic E-state index is 0.572. The van der Waals surface area contributed by atoms with E-state index in [2.05, 4.69) is 51.9 Å². The van der Waals surface area contributed by atoms with Crippen molar-refractivity contribution in [3.8, 4) is 11.4 Å². The van der Waals surface area contributed by atoms with E-state index in [1.54, 1.807) is 13.2 Å². The first-order chi connectivity index (χ1) is 13.2. The Morgan fingerprint density at radius 3 is 2.52 bits per heavy atom. The summed E-state index contributed by atoms with van der Waals surface area (Å²) >= 11 is 0. The Bertz CT molecular complexity index is 839. The van der Waals surface area contributed by atoms with Crippen LogP contribution in [0.2, 0.25) is 0 Å². The van der Waals surface area contributed by atoms with Gasteiger partial charge < -0.3 is 15.4 Å². The maximum absolute atomic E-state index is 5.71. The third-order valence-electron chi connectivity index (χ3n) is 4.07. The van der Waals surface area contributed by atoms with Gasteiger partial charge in [-0.1, -0.05) is 29.8 Å². The van der Waals surface area contributed by atoms with Crippen molar-refractivity contribution in [2.75, 3.05) is 20.2 Å². The molecule has 0 fully saturated rings. The Hall–Kier alpha value is -3.28. The second-order valence-corrected chi connectivity index (χ2v) is 6.13. The van der Waals surface area contributed by atoms with Crippen molar-refractivity contribution in [3.05, 3.63) is 78.1 Å². The number of nitrogens with one attached hydrogen (secondary N) is 2. The Kier molecular flexibility index (Phi) is 6.46. The zero-order chi connectivity index (χ0) is 18.9. The highest BCUT2D eigenvalue weighted by atomic mass is 16.5. The molecule has 0 aliphatic rings. The molecule has 3 aromatic rings. The molecule has 0 aliphatic heterocycles. The molecule has 2 N–H and O–H groups in total. The number of guanidine groups is 1. The fourth-order valence-electron chi connectivity index (χ4n) is 2.57. The van der Waals surface area contributed by atoms with Gasteiger partial charge in [0.2, 0.25) is 0 Å². The van der Waals surface area contributed by atoms with Gasteiger partial charge in [0.05, 0.1) is 12.2 Å². The van der Waals surface area contributed by atoms with Crippen molar-refractivity contribution < 1.29 is 4.74 Å². The molecule has 27 heavy (non-hydrogen) atoms. The molecule has 0 saturated heterocycles. The fraction of sp³-hybridized carbons (Fsp3) is 0.238. The SMILES string of the molecule is CN=C(NCCOc1ccc(C)cc1)NCc1ccc(-n2cccn2)cc1. The largest absolute Gasteiger partial charge is 0.492 e. The Morgan fingerprint density at radius 1 is 1.07 bits per heavy atom. The number of aromatic nitrogens is 2. The highest BCUT2D eigenvalue weighted by molar-refractivity contribution is 5.79. The van der Waals surface area contributed by atoms with Gasteiger partial charge in [0, 0.05) is 26.0 Å². The van der Waals surface area contributed by atoms with E-state index >= 15 is 0 Å². The van der Waals surface area contributed by atoms with Crippen LogP contribution >= 0.6 is 0 Å². The number of benzene rings is 2. The lowest BCUT2D eigenvalue weighted by atomic mass is 10.2. The number of aryl methyl sites for hydroxylation is 1. The van der Waals surface area contributed by atoms with Crippen LogP contribution < -0.4 is 15.4 Å². The summed E-state index contributed by atoms with van der Waals surface area (Å²) in [5.41, 5.74) is 3.44. The van der Waals surface area contributed by atoms with Crippen LogP contribution in [0.3, 0.4) is 0 Å². The lowest BCUT2D eigenvalue weighted by molar-refractivity contribution is 0.322. The van der Waals surface area contributed by atoms with Crippen molar-refractivity contribution in [2.24, 2.45) is 4.99 Å². The summed E-state index contributed by atoms with van der Waals surface area (Å²) in [6.45, 7) is 4.00. The Labute approximate surface area is 159 Å². The molecule has 6 nitrogen and oxygen atoms in total. The van der Waals surface area contributed by atoms with E-state index in [1.807, 2.05) is 41.2 Å². The molecular weight excluding hydrogens is 338 g/mol. The van der Waals surface area contributed by atoms with Crippen LogP contribution in [0, 0.1) is 6.92 Å². The monoisotopic (exact) mass is 363 g/mol. The van der Waals surface area contributed by atoms with Gasteiger partial charge in [-0.05, 0) is 42.8 Å². The van der Waals surface area contributed by atoms with Gasteiger partial charge in [-0.25, -0.2) is 4.68 Å². The van der Waals surface area contributed by atoms with Crippen molar-refractivity contribution in [3.63, 3.8) is 0 Å². The van der Waals surface area contributed by atoms with E-state index < -0.39 is 0 Å². The number of ether oxygens (including phenoxy) is 1. The number of nitrogens with zero attached hydrogens (tertiary/aromatic N) is 3. The maximum Gasteiger partial charge on any atom is 0.191 e. The summed E-state index contributed by atoms with van der Waals surface area (Å²) in [5.74, 6) is 1.63. The first-order valence-corrected chi connectivity index (χ1v) is 8.97. The van der Waals surface area contributed by atoms with Gasteiger partial charge in [-0.15, -0.1) is 0 Å². The number of rotatable bonds is 7. The average molecular weight is 363 g/mol. The molecule has 0 aliphatic carbocycles. The second-order valence-electron chi connectivity index (χ2n) is 6.13. The minimum absolute atomic E-state index is 0.572. The van der Waals surface area contributed by atoms with E-state index in [0.717, 1.165) is 17.4 Å². The molecule has 140 valence electrons. The van der Waals surface area contributed by atoms with Gasteiger partial charge in [-0.2, -0.15) is 5.10 Å². The predicted octanol–water partition coefficient (Wildman–Crippen LogP) is 2.92. The highest BCUT2D eigenvalue weighted by Gasteiger charge is 2.00. The molecule has 0 atom stereocenters. The molecule has 2 aromatic carbocycles. The normalized spacial score (nSPS) is 11.3. The summed E-state index contributed by atoms with van der Waals surface area (Å²) in [7, 11) is 1.76. The quantitative estimate of drug-likeness (QED) is 0.385. The van der Waals surface area contributed by atoms with Crippen molar-refractivity contribution in [1.29, 1.82) is 0 Å². The molecule has 0 radical (unpaired) electrons. The Morgan fingerprint density at radius 2 is 1.85 bits per heavy atom. The van der Waals surface area contributed by atoms with E-state index in [9.17, 15) is 0 Å². The molecule has 1 heterocycles. The lowest BCUT2D eigenvalue weighted by Crippen LogP contribution is -2.38. The topological polar surface area (TPSA) is 63.5 Å². The van der Waals surface area contributed by atoms with E-state index in [0.29, 0.717) is 19.7 Å². The third-order valence-corrected chi connectivity index (χ3v) is 4.07. The lowest BCUT2D eigenvalue weighted by Gasteiger charge is -2.13. The summed E-state index contributed by atoms with van der Waals surface area (Å²) < 4.78 is 7.55. The zero-order valence-corrected chi connectivity index (χ0v) is 15.7. The molecule has 0 amide bonds. The number of aliphatic imine (C=N–C) groups is 1.